The van der Waals surface area contributed by atoms with E-state index in [1.165, 1.54) is 0 Å². The molecule has 0 unspecified atom stereocenters. The second-order valence-electron chi connectivity index (χ2n) is 6.44. The van der Waals surface area contributed by atoms with Gasteiger partial charge in [-0.25, -0.2) is 4.68 Å². The SMILES string of the molecule is COc1ccc(-c2nn(-c3ccccc3)cc2C=NNC(=S)NC(C)C)cc1. The molecule has 0 bridgehead atoms. The fourth-order valence-electron chi connectivity index (χ4n) is 2.62. The van der Waals surface area contributed by atoms with Crippen molar-refractivity contribution in [1.29, 1.82) is 0 Å². The molecule has 7 heteroatoms. The molecule has 6 nitrogen and oxygen atoms in total. The lowest BCUT2D eigenvalue weighted by Gasteiger charge is -2.09. The summed E-state index contributed by atoms with van der Waals surface area (Å²) in [6.07, 6.45) is 3.67. The molecule has 144 valence electrons. The number of hydrazone groups is 1. The van der Waals surface area contributed by atoms with Gasteiger partial charge in [0.05, 0.1) is 19.0 Å². The van der Waals surface area contributed by atoms with Crippen molar-refractivity contribution in [2.24, 2.45) is 5.10 Å². The quantitative estimate of drug-likeness (QED) is 0.379. The number of methoxy groups -OCH3 is 1. The summed E-state index contributed by atoms with van der Waals surface area (Å²) in [7, 11) is 1.65. The molecule has 2 aromatic carbocycles. The number of thiocarbonyl (C=S) groups is 1. The Morgan fingerprint density at radius 1 is 1.14 bits per heavy atom. The van der Waals surface area contributed by atoms with E-state index in [0.29, 0.717) is 5.11 Å². The number of aromatic nitrogens is 2. The topological polar surface area (TPSA) is 63.5 Å². The zero-order chi connectivity index (χ0) is 19.9. The predicted molar refractivity (Wildman–Crippen MR) is 117 cm³/mol. The molecule has 3 aromatic rings. The van der Waals surface area contributed by atoms with Crippen molar-refractivity contribution in [3.63, 3.8) is 0 Å². The van der Waals surface area contributed by atoms with Gasteiger partial charge in [-0.2, -0.15) is 10.2 Å². The lowest BCUT2D eigenvalue weighted by Crippen LogP contribution is -2.36. The molecular formula is C21H23N5OS. The van der Waals surface area contributed by atoms with E-state index in [4.69, 9.17) is 22.1 Å². The van der Waals surface area contributed by atoms with Gasteiger partial charge in [-0.3, -0.25) is 5.43 Å². The lowest BCUT2D eigenvalue weighted by atomic mass is 10.1. The van der Waals surface area contributed by atoms with Crippen LogP contribution in [0.15, 0.2) is 65.9 Å². The summed E-state index contributed by atoms with van der Waals surface area (Å²) in [6.45, 7) is 4.03. The van der Waals surface area contributed by atoms with Crippen LogP contribution in [0.5, 0.6) is 5.75 Å². The molecular weight excluding hydrogens is 370 g/mol. The molecule has 0 saturated heterocycles. The smallest absolute Gasteiger partial charge is 0.187 e. The highest BCUT2D eigenvalue weighted by Gasteiger charge is 2.11. The van der Waals surface area contributed by atoms with E-state index in [2.05, 4.69) is 15.8 Å². The van der Waals surface area contributed by atoms with Crippen LogP contribution < -0.4 is 15.5 Å². The lowest BCUT2D eigenvalue weighted by molar-refractivity contribution is 0.415. The first-order valence-electron chi connectivity index (χ1n) is 8.96. The van der Waals surface area contributed by atoms with E-state index in [1.807, 2.05) is 79.3 Å². The molecule has 0 radical (unpaired) electrons. The van der Waals surface area contributed by atoms with Gasteiger partial charge in [0, 0.05) is 23.4 Å². The molecule has 0 aliphatic rings. The number of para-hydroxylation sites is 1. The van der Waals surface area contributed by atoms with Crippen LogP contribution in [0.25, 0.3) is 16.9 Å². The van der Waals surface area contributed by atoms with Crippen LogP contribution in [0.3, 0.4) is 0 Å². The fraction of sp³-hybridized carbons (Fsp3) is 0.190. The molecule has 0 aliphatic carbocycles. The molecule has 2 N–H and O–H groups in total. The van der Waals surface area contributed by atoms with Crippen molar-refractivity contribution < 1.29 is 4.74 Å². The molecule has 0 atom stereocenters. The summed E-state index contributed by atoms with van der Waals surface area (Å²) >= 11 is 5.21. The van der Waals surface area contributed by atoms with E-state index in [9.17, 15) is 0 Å². The third kappa shape index (κ3) is 4.95. The largest absolute Gasteiger partial charge is 0.497 e. The van der Waals surface area contributed by atoms with E-state index in [1.54, 1.807) is 13.3 Å². The van der Waals surface area contributed by atoms with Crippen LogP contribution in [-0.4, -0.2) is 34.3 Å². The van der Waals surface area contributed by atoms with Gasteiger partial charge in [0.15, 0.2) is 5.11 Å². The number of benzene rings is 2. The molecule has 28 heavy (non-hydrogen) atoms. The van der Waals surface area contributed by atoms with Crippen molar-refractivity contribution in [3.05, 3.63) is 66.4 Å². The Balaban J connectivity index is 1.92. The first kappa shape index (κ1) is 19.6. The first-order chi connectivity index (χ1) is 13.6. The zero-order valence-electron chi connectivity index (χ0n) is 16.1. The number of nitrogens with one attached hydrogen (secondary N) is 2. The Morgan fingerprint density at radius 2 is 1.86 bits per heavy atom. The summed E-state index contributed by atoms with van der Waals surface area (Å²) in [6, 6.07) is 18.0. The van der Waals surface area contributed by atoms with Gasteiger partial charge in [-0.15, -0.1) is 0 Å². The minimum absolute atomic E-state index is 0.242. The van der Waals surface area contributed by atoms with Crippen LogP contribution in [-0.2, 0) is 0 Å². The van der Waals surface area contributed by atoms with Crippen LogP contribution in [0.2, 0.25) is 0 Å². The summed E-state index contributed by atoms with van der Waals surface area (Å²) < 4.78 is 7.09. The average Bonchev–Trinajstić information content (AvgIpc) is 3.12. The molecule has 1 heterocycles. The Morgan fingerprint density at radius 3 is 2.50 bits per heavy atom. The van der Waals surface area contributed by atoms with Crippen molar-refractivity contribution in [3.8, 4) is 22.7 Å². The van der Waals surface area contributed by atoms with Crippen LogP contribution >= 0.6 is 12.2 Å². The predicted octanol–water partition coefficient (Wildman–Crippen LogP) is 3.75. The third-order valence-corrected chi connectivity index (χ3v) is 4.13. The highest BCUT2D eigenvalue weighted by molar-refractivity contribution is 7.80. The zero-order valence-corrected chi connectivity index (χ0v) is 16.9. The van der Waals surface area contributed by atoms with Crippen LogP contribution in [0.4, 0.5) is 0 Å². The monoisotopic (exact) mass is 393 g/mol. The minimum Gasteiger partial charge on any atom is -0.497 e. The Kier molecular flexibility index (Phi) is 6.39. The van der Waals surface area contributed by atoms with Crippen molar-refractivity contribution in [2.75, 3.05) is 7.11 Å². The van der Waals surface area contributed by atoms with Gasteiger partial charge in [0.2, 0.25) is 0 Å². The molecule has 0 fully saturated rings. The minimum atomic E-state index is 0.242. The van der Waals surface area contributed by atoms with Gasteiger partial charge in [-0.05, 0) is 62.5 Å². The van der Waals surface area contributed by atoms with Crippen molar-refractivity contribution in [2.45, 2.75) is 19.9 Å². The maximum absolute atomic E-state index is 5.25. The Labute approximate surface area is 170 Å². The van der Waals surface area contributed by atoms with Gasteiger partial charge in [0.1, 0.15) is 11.4 Å². The van der Waals surface area contributed by atoms with Gasteiger partial charge in [-0.1, -0.05) is 18.2 Å². The Hall–Kier alpha value is -3.19. The number of hydrogen-bond acceptors (Lipinski definition) is 4. The molecule has 0 amide bonds. The van der Waals surface area contributed by atoms with Crippen LogP contribution in [0.1, 0.15) is 19.4 Å². The van der Waals surface area contributed by atoms with Crippen LogP contribution in [0, 0.1) is 0 Å². The summed E-state index contributed by atoms with van der Waals surface area (Å²) in [5.41, 5.74) is 6.48. The number of rotatable bonds is 6. The summed E-state index contributed by atoms with van der Waals surface area (Å²) in [5, 5.41) is 12.6. The van der Waals surface area contributed by atoms with Gasteiger partial charge in [0.25, 0.3) is 0 Å². The molecule has 3 rings (SSSR count). The highest BCUT2D eigenvalue weighted by Crippen LogP contribution is 2.24. The second-order valence-corrected chi connectivity index (χ2v) is 6.85. The summed E-state index contributed by atoms with van der Waals surface area (Å²) in [5.74, 6) is 0.799. The van der Waals surface area contributed by atoms with Gasteiger partial charge < -0.3 is 10.1 Å². The number of hydrogen-bond donors (Lipinski definition) is 2. The average molecular weight is 394 g/mol. The molecule has 0 spiro atoms. The normalized spacial score (nSPS) is 11.0. The summed E-state index contributed by atoms with van der Waals surface area (Å²) in [4.78, 5) is 0. The second kappa shape index (κ2) is 9.14. The number of ether oxygens (including phenoxy) is 1. The Bertz CT molecular complexity index is 949. The molecule has 0 saturated carbocycles. The first-order valence-corrected chi connectivity index (χ1v) is 9.36. The van der Waals surface area contributed by atoms with E-state index < -0.39 is 0 Å². The fourth-order valence-corrected chi connectivity index (χ4v) is 2.91. The maximum Gasteiger partial charge on any atom is 0.187 e. The van der Waals surface area contributed by atoms with E-state index in [0.717, 1.165) is 28.3 Å². The highest BCUT2D eigenvalue weighted by atomic mass is 32.1. The van der Waals surface area contributed by atoms with Crippen molar-refractivity contribution >= 4 is 23.5 Å². The van der Waals surface area contributed by atoms with E-state index in [-0.39, 0.29) is 6.04 Å². The van der Waals surface area contributed by atoms with E-state index >= 15 is 0 Å². The maximum atomic E-state index is 5.25. The molecule has 0 aliphatic heterocycles. The van der Waals surface area contributed by atoms with Crippen molar-refractivity contribution in [1.82, 2.24) is 20.5 Å². The molecule has 1 aromatic heterocycles. The standard InChI is InChI=1S/C21H23N5OS/c1-15(2)23-21(28)24-22-13-17-14-26(18-7-5-4-6-8-18)25-20(17)16-9-11-19(27-3)12-10-16/h4-15H,1-3H3,(H2,23,24,28). The van der Waals surface area contributed by atoms with Gasteiger partial charge >= 0.3 is 0 Å². The third-order valence-electron chi connectivity index (χ3n) is 3.92. The number of nitrogens with zero attached hydrogens (tertiary/aromatic N) is 3.